The number of rotatable bonds is 5. The molecule has 2 rings (SSSR count). The van der Waals surface area contributed by atoms with Gasteiger partial charge in [-0.1, -0.05) is 58.4 Å². The summed E-state index contributed by atoms with van der Waals surface area (Å²) in [6.45, 7) is 2.76. The van der Waals surface area contributed by atoms with Gasteiger partial charge in [-0.2, -0.15) is 5.26 Å². The number of hydrogen-bond acceptors (Lipinski definition) is 2. The van der Waals surface area contributed by atoms with E-state index in [2.05, 4.69) is 46.4 Å². The van der Waals surface area contributed by atoms with Gasteiger partial charge in [0.2, 0.25) is 0 Å². The fourth-order valence-corrected chi connectivity index (χ4v) is 2.35. The van der Waals surface area contributed by atoms with Crippen LogP contribution in [-0.2, 0) is 0 Å². The Bertz CT molecular complexity index is 572. The molecule has 1 N–H and O–H groups in total. The van der Waals surface area contributed by atoms with Crippen LogP contribution >= 0.6 is 15.9 Å². The summed E-state index contributed by atoms with van der Waals surface area (Å²) in [4.78, 5) is 0. The van der Waals surface area contributed by atoms with E-state index in [-0.39, 0.29) is 12.0 Å². The summed E-state index contributed by atoms with van der Waals surface area (Å²) < 4.78 is 1.08. The fourth-order valence-electron chi connectivity index (χ4n) is 2.09. The van der Waals surface area contributed by atoms with Gasteiger partial charge in [0, 0.05) is 17.1 Å². The Kier molecular flexibility index (Phi) is 5.34. The highest BCUT2D eigenvalue weighted by Crippen LogP contribution is 2.18. The lowest BCUT2D eigenvalue weighted by Gasteiger charge is -2.17. The minimum atomic E-state index is -0.117. The molecule has 0 heterocycles. The second kappa shape index (κ2) is 7.23. The van der Waals surface area contributed by atoms with E-state index in [1.165, 1.54) is 5.56 Å². The quantitative estimate of drug-likeness (QED) is 0.882. The number of nitrogens with zero attached hydrogens (tertiary/aromatic N) is 1. The lowest BCUT2D eigenvalue weighted by atomic mass is 10.00. The van der Waals surface area contributed by atoms with Gasteiger partial charge in [0.05, 0.1) is 12.0 Å². The molecule has 2 aromatic rings. The fraction of sp³-hybridized carbons (Fsp3) is 0.235. The minimum Gasteiger partial charge on any atom is -0.309 e. The molecule has 0 radical (unpaired) electrons. The van der Waals surface area contributed by atoms with Crippen LogP contribution < -0.4 is 5.32 Å². The first-order chi connectivity index (χ1) is 9.70. The molecule has 2 nitrogen and oxygen atoms in total. The molecule has 0 amide bonds. The molecule has 0 aromatic heterocycles. The van der Waals surface area contributed by atoms with E-state index in [0.717, 1.165) is 10.0 Å². The average molecular weight is 329 g/mol. The first-order valence-corrected chi connectivity index (χ1v) is 7.43. The van der Waals surface area contributed by atoms with Crippen molar-refractivity contribution < 1.29 is 0 Å². The lowest BCUT2D eigenvalue weighted by Crippen LogP contribution is -2.24. The molecule has 2 aromatic carbocycles. The second-order valence-electron chi connectivity index (χ2n) is 4.77. The highest BCUT2D eigenvalue weighted by molar-refractivity contribution is 9.10. The molecule has 20 heavy (non-hydrogen) atoms. The van der Waals surface area contributed by atoms with Gasteiger partial charge in [0.1, 0.15) is 0 Å². The van der Waals surface area contributed by atoms with Crippen molar-refractivity contribution >= 4 is 15.9 Å². The first kappa shape index (κ1) is 14.8. The Balaban J connectivity index is 1.97. The molecule has 0 spiro atoms. The second-order valence-corrected chi connectivity index (χ2v) is 5.69. The van der Waals surface area contributed by atoms with Crippen LogP contribution in [0.3, 0.4) is 0 Å². The zero-order valence-corrected chi connectivity index (χ0v) is 13.0. The summed E-state index contributed by atoms with van der Waals surface area (Å²) in [6.07, 6.45) is 0. The van der Waals surface area contributed by atoms with Crippen molar-refractivity contribution in [3.05, 3.63) is 70.2 Å². The Morgan fingerprint density at radius 1 is 1.05 bits per heavy atom. The van der Waals surface area contributed by atoms with Crippen LogP contribution in [0.4, 0.5) is 0 Å². The van der Waals surface area contributed by atoms with E-state index in [1.54, 1.807) is 0 Å². The van der Waals surface area contributed by atoms with Crippen LogP contribution in [0, 0.1) is 11.3 Å². The predicted octanol–water partition coefficient (Wildman–Crippen LogP) is 4.41. The molecular formula is C17H17BrN2. The van der Waals surface area contributed by atoms with Gasteiger partial charge in [-0.15, -0.1) is 0 Å². The van der Waals surface area contributed by atoms with E-state index in [4.69, 9.17) is 0 Å². The molecule has 0 bridgehead atoms. The van der Waals surface area contributed by atoms with E-state index < -0.39 is 0 Å². The van der Waals surface area contributed by atoms with Gasteiger partial charge in [-0.25, -0.2) is 0 Å². The molecule has 0 saturated carbocycles. The number of nitrogens with one attached hydrogen (secondary N) is 1. The smallest absolute Gasteiger partial charge is 0.0837 e. The van der Waals surface area contributed by atoms with Gasteiger partial charge >= 0.3 is 0 Å². The van der Waals surface area contributed by atoms with E-state index in [9.17, 15) is 5.26 Å². The molecule has 3 heteroatoms. The van der Waals surface area contributed by atoms with Crippen molar-refractivity contribution in [1.29, 1.82) is 5.26 Å². The van der Waals surface area contributed by atoms with Crippen LogP contribution in [0.1, 0.15) is 30.0 Å². The van der Waals surface area contributed by atoms with Crippen molar-refractivity contribution in [2.45, 2.75) is 18.9 Å². The number of nitriles is 1. The van der Waals surface area contributed by atoms with Gasteiger partial charge in [-0.3, -0.25) is 0 Å². The molecule has 1 unspecified atom stereocenters. The van der Waals surface area contributed by atoms with Crippen molar-refractivity contribution in [2.24, 2.45) is 0 Å². The normalized spacial score (nSPS) is 13.4. The Morgan fingerprint density at radius 3 is 2.30 bits per heavy atom. The van der Waals surface area contributed by atoms with Gasteiger partial charge in [0.15, 0.2) is 0 Å². The van der Waals surface area contributed by atoms with Crippen LogP contribution in [0.25, 0.3) is 0 Å². The minimum absolute atomic E-state index is 0.117. The van der Waals surface area contributed by atoms with Crippen LogP contribution in [0.2, 0.25) is 0 Å². The summed E-state index contributed by atoms with van der Waals surface area (Å²) in [5.41, 5.74) is 2.28. The van der Waals surface area contributed by atoms with E-state index in [0.29, 0.717) is 6.54 Å². The third-order valence-electron chi connectivity index (χ3n) is 3.36. The van der Waals surface area contributed by atoms with Crippen LogP contribution in [0.5, 0.6) is 0 Å². The molecule has 0 aliphatic heterocycles. The third-order valence-corrected chi connectivity index (χ3v) is 3.88. The highest BCUT2D eigenvalue weighted by atomic mass is 79.9. The lowest BCUT2D eigenvalue weighted by molar-refractivity contribution is 0.558. The van der Waals surface area contributed by atoms with Crippen molar-refractivity contribution in [2.75, 3.05) is 6.54 Å². The molecule has 102 valence electrons. The Labute approximate surface area is 128 Å². The largest absolute Gasteiger partial charge is 0.309 e. The van der Waals surface area contributed by atoms with Crippen molar-refractivity contribution in [3.63, 3.8) is 0 Å². The number of halogens is 1. The Hall–Kier alpha value is -1.63. The monoisotopic (exact) mass is 328 g/mol. The summed E-state index contributed by atoms with van der Waals surface area (Å²) in [6, 6.07) is 20.7. The standard InChI is InChI=1S/C17H17BrN2/c1-13(14-7-9-17(18)10-8-14)20-12-16(11-19)15-5-3-2-4-6-15/h2-10,13,16,20H,12H2,1H3/t13-,16?/m0/s1. The first-order valence-electron chi connectivity index (χ1n) is 6.64. The maximum absolute atomic E-state index is 9.30. The van der Waals surface area contributed by atoms with E-state index >= 15 is 0 Å². The SMILES string of the molecule is C[C@H](NCC(C#N)c1ccccc1)c1ccc(Br)cc1. The van der Waals surface area contributed by atoms with Crippen LogP contribution in [0.15, 0.2) is 59.1 Å². The van der Waals surface area contributed by atoms with E-state index in [1.807, 2.05) is 42.5 Å². The van der Waals surface area contributed by atoms with Gasteiger partial charge < -0.3 is 5.32 Å². The zero-order chi connectivity index (χ0) is 14.4. The summed E-state index contributed by atoms with van der Waals surface area (Å²) in [7, 11) is 0. The maximum atomic E-state index is 9.30. The molecule has 2 atom stereocenters. The molecular weight excluding hydrogens is 312 g/mol. The summed E-state index contributed by atoms with van der Waals surface area (Å²) in [5.74, 6) is -0.117. The topological polar surface area (TPSA) is 35.8 Å². The highest BCUT2D eigenvalue weighted by Gasteiger charge is 2.12. The summed E-state index contributed by atoms with van der Waals surface area (Å²) in [5, 5.41) is 12.7. The third kappa shape index (κ3) is 3.93. The zero-order valence-electron chi connectivity index (χ0n) is 11.4. The van der Waals surface area contributed by atoms with Gasteiger partial charge in [-0.05, 0) is 30.2 Å². The van der Waals surface area contributed by atoms with Crippen molar-refractivity contribution in [3.8, 4) is 6.07 Å². The van der Waals surface area contributed by atoms with Gasteiger partial charge in [0.25, 0.3) is 0 Å². The predicted molar refractivity (Wildman–Crippen MR) is 85.4 cm³/mol. The molecule has 0 aliphatic rings. The Morgan fingerprint density at radius 2 is 1.70 bits per heavy atom. The maximum Gasteiger partial charge on any atom is 0.0837 e. The molecule has 0 saturated heterocycles. The average Bonchev–Trinajstić information content (AvgIpc) is 2.49. The number of benzene rings is 2. The summed E-state index contributed by atoms with van der Waals surface area (Å²) >= 11 is 3.44. The van der Waals surface area contributed by atoms with Crippen molar-refractivity contribution in [1.82, 2.24) is 5.32 Å². The molecule has 0 fully saturated rings. The molecule has 0 aliphatic carbocycles. The number of hydrogen-bond donors (Lipinski definition) is 1. The van der Waals surface area contributed by atoms with Crippen LogP contribution in [-0.4, -0.2) is 6.54 Å².